The zero-order valence-corrected chi connectivity index (χ0v) is 15.9. The van der Waals surface area contributed by atoms with Crippen molar-refractivity contribution in [1.82, 2.24) is 15.3 Å². The first kappa shape index (κ1) is 19.0. The van der Waals surface area contributed by atoms with Crippen LogP contribution in [0.15, 0.2) is 45.9 Å². The fraction of sp³-hybridized carbons (Fsp3) is 0.235. The average molecular weight is 418 g/mol. The molecule has 0 bridgehead atoms. The van der Waals surface area contributed by atoms with Gasteiger partial charge in [0.2, 0.25) is 16.0 Å². The molecule has 0 saturated carbocycles. The predicted molar refractivity (Wildman–Crippen MR) is 105 cm³/mol. The number of anilines is 3. The molecule has 3 aromatic rings. The van der Waals surface area contributed by atoms with E-state index >= 15 is 0 Å². The molecule has 1 unspecified atom stereocenters. The van der Waals surface area contributed by atoms with Gasteiger partial charge in [0.25, 0.3) is 0 Å². The Morgan fingerprint density at radius 1 is 1.24 bits per heavy atom. The van der Waals surface area contributed by atoms with Crippen molar-refractivity contribution in [3.63, 3.8) is 0 Å². The van der Waals surface area contributed by atoms with E-state index in [1.807, 2.05) is 4.90 Å². The number of nitrogens with one attached hydrogen (secondary N) is 2. The summed E-state index contributed by atoms with van der Waals surface area (Å²) in [4.78, 5) is 21.8. The Morgan fingerprint density at radius 3 is 2.69 bits per heavy atom. The molecule has 0 spiro atoms. The third-order valence-corrected chi connectivity index (χ3v) is 5.47. The standard InChI is InChI=1S/C17H18N6O5S/c18-29(26,27)12-3-1-10(2-4-12)19-16-21-13-6-8-28-14(13)15(22-16)23-7-5-11(9-23)20-17(24)25/h1-4,6,8,11,20H,5,7,9H2,(H,24,25)(H2,18,26,27)(H,19,21,22). The van der Waals surface area contributed by atoms with Crippen LogP contribution in [0.5, 0.6) is 0 Å². The second kappa shape index (κ2) is 7.22. The van der Waals surface area contributed by atoms with Crippen LogP contribution in [0, 0.1) is 0 Å². The number of aromatic nitrogens is 2. The third kappa shape index (κ3) is 4.07. The lowest BCUT2D eigenvalue weighted by atomic mass is 10.3. The van der Waals surface area contributed by atoms with Crippen molar-refractivity contribution in [2.24, 2.45) is 5.14 Å². The molecule has 0 radical (unpaired) electrons. The van der Waals surface area contributed by atoms with Gasteiger partial charge in [0.15, 0.2) is 11.4 Å². The van der Waals surface area contributed by atoms with Gasteiger partial charge in [-0.2, -0.15) is 4.98 Å². The second-order valence-corrected chi connectivity index (χ2v) is 8.14. The highest BCUT2D eigenvalue weighted by Gasteiger charge is 2.27. The molecule has 11 nitrogen and oxygen atoms in total. The lowest BCUT2D eigenvalue weighted by Crippen LogP contribution is -2.36. The van der Waals surface area contributed by atoms with Crippen LogP contribution < -0.4 is 20.7 Å². The molecule has 3 heterocycles. The minimum absolute atomic E-state index is 0.00369. The quantitative estimate of drug-likeness (QED) is 0.480. The summed E-state index contributed by atoms with van der Waals surface area (Å²) in [6, 6.07) is 7.40. The van der Waals surface area contributed by atoms with Crippen molar-refractivity contribution < 1.29 is 22.7 Å². The van der Waals surface area contributed by atoms with Gasteiger partial charge in [0.05, 0.1) is 17.2 Å². The van der Waals surface area contributed by atoms with Gasteiger partial charge in [0.1, 0.15) is 5.52 Å². The number of hydrogen-bond donors (Lipinski definition) is 4. The van der Waals surface area contributed by atoms with Crippen LogP contribution in [-0.4, -0.2) is 48.7 Å². The van der Waals surface area contributed by atoms with Crippen LogP contribution in [-0.2, 0) is 10.0 Å². The van der Waals surface area contributed by atoms with Gasteiger partial charge >= 0.3 is 6.09 Å². The average Bonchev–Trinajstić information content (AvgIpc) is 3.29. The maximum atomic E-state index is 11.4. The SMILES string of the molecule is NS(=O)(=O)c1ccc(Nc2nc(N3CCC(NC(=O)O)C3)c3occc3n2)cc1. The fourth-order valence-electron chi connectivity index (χ4n) is 3.22. The number of carbonyl (C=O) groups is 1. The lowest BCUT2D eigenvalue weighted by molar-refractivity contribution is 0.191. The number of fused-ring (bicyclic) bond motifs is 1. The van der Waals surface area contributed by atoms with Crippen molar-refractivity contribution in [3.05, 3.63) is 36.6 Å². The van der Waals surface area contributed by atoms with Crippen LogP contribution in [0.25, 0.3) is 11.1 Å². The number of amides is 1. The van der Waals surface area contributed by atoms with Crippen molar-refractivity contribution in [2.45, 2.75) is 17.4 Å². The number of carboxylic acid groups (broad SMARTS) is 1. The van der Waals surface area contributed by atoms with Gasteiger partial charge in [0, 0.05) is 24.8 Å². The Labute approximate surface area is 165 Å². The van der Waals surface area contributed by atoms with Crippen LogP contribution in [0.2, 0.25) is 0 Å². The monoisotopic (exact) mass is 418 g/mol. The zero-order chi connectivity index (χ0) is 20.6. The number of sulfonamides is 1. The van der Waals surface area contributed by atoms with E-state index in [0.717, 1.165) is 0 Å². The first-order valence-electron chi connectivity index (χ1n) is 8.69. The van der Waals surface area contributed by atoms with Gasteiger partial charge in [-0.25, -0.2) is 23.3 Å². The Hall–Kier alpha value is -3.38. The maximum absolute atomic E-state index is 11.4. The van der Waals surface area contributed by atoms with E-state index < -0.39 is 16.1 Å². The first-order chi connectivity index (χ1) is 13.8. The second-order valence-electron chi connectivity index (χ2n) is 6.58. The Morgan fingerprint density at radius 2 is 2.00 bits per heavy atom. The van der Waals surface area contributed by atoms with E-state index in [9.17, 15) is 13.2 Å². The van der Waals surface area contributed by atoms with Gasteiger partial charge in [-0.1, -0.05) is 0 Å². The molecule has 1 atom stereocenters. The molecule has 4 rings (SSSR count). The first-order valence-corrected chi connectivity index (χ1v) is 10.2. The molecule has 1 aliphatic heterocycles. The van der Waals surface area contributed by atoms with Crippen LogP contribution >= 0.6 is 0 Å². The summed E-state index contributed by atoms with van der Waals surface area (Å²) < 4.78 is 28.3. The lowest BCUT2D eigenvalue weighted by Gasteiger charge is -2.18. The Balaban J connectivity index is 1.61. The van der Waals surface area contributed by atoms with Crippen molar-refractivity contribution in [1.29, 1.82) is 0 Å². The summed E-state index contributed by atoms with van der Waals surface area (Å²) in [7, 11) is -3.77. The molecule has 152 valence electrons. The van der Waals surface area contributed by atoms with Crippen LogP contribution in [0.4, 0.5) is 22.2 Å². The minimum atomic E-state index is -3.77. The fourth-order valence-corrected chi connectivity index (χ4v) is 3.74. The largest absolute Gasteiger partial charge is 0.465 e. The van der Waals surface area contributed by atoms with Crippen molar-refractivity contribution >= 4 is 44.7 Å². The van der Waals surface area contributed by atoms with Crippen molar-refractivity contribution in [2.75, 3.05) is 23.3 Å². The molecular formula is C17H18N6O5S. The third-order valence-electron chi connectivity index (χ3n) is 4.54. The molecule has 2 aromatic heterocycles. The molecule has 0 aliphatic carbocycles. The summed E-state index contributed by atoms with van der Waals surface area (Å²) in [6.45, 7) is 1.07. The van der Waals surface area contributed by atoms with E-state index in [4.69, 9.17) is 14.7 Å². The number of benzene rings is 1. The number of furan rings is 1. The highest BCUT2D eigenvalue weighted by atomic mass is 32.2. The van der Waals surface area contributed by atoms with Gasteiger partial charge in [-0.15, -0.1) is 0 Å². The summed E-state index contributed by atoms with van der Waals surface area (Å²) in [5.74, 6) is 0.852. The molecular weight excluding hydrogens is 400 g/mol. The number of nitrogens with two attached hydrogens (primary N) is 1. The van der Waals surface area contributed by atoms with Crippen molar-refractivity contribution in [3.8, 4) is 0 Å². The summed E-state index contributed by atoms with van der Waals surface area (Å²) in [6.07, 6.45) is 1.10. The molecule has 1 saturated heterocycles. The normalized spacial score (nSPS) is 16.9. The van der Waals surface area contributed by atoms with Gasteiger partial charge in [-0.05, 0) is 30.7 Å². The summed E-state index contributed by atoms with van der Waals surface area (Å²) in [5, 5.41) is 19.5. The zero-order valence-electron chi connectivity index (χ0n) is 15.1. The smallest absolute Gasteiger partial charge is 0.404 e. The van der Waals surface area contributed by atoms with E-state index in [-0.39, 0.29) is 10.9 Å². The molecule has 1 aliphatic rings. The highest BCUT2D eigenvalue weighted by molar-refractivity contribution is 7.89. The number of primary sulfonamides is 1. The Bertz CT molecular complexity index is 1160. The highest BCUT2D eigenvalue weighted by Crippen LogP contribution is 2.29. The van der Waals surface area contributed by atoms with E-state index in [0.29, 0.717) is 48.1 Å². The topological polar surface area (TPSA) is 164 Å². The Kier molecular flexibility index (Phi) is 4.72. The minimum Gasteiger partial charge on any atom is -0.465 e. The number of rotatable bonds is 5. The predicted octanol–water partition coefficient (Wildman–Crippen LogP) is 1.46. The van der Waals surface area contributed by atoms with E-state index in [2.05, 4.69) is 20.6 Å². The molecule has 29 heavy (non-hydrogen) atoms. The molecule has 1 fully saturated rings. The summed E-state index contributed by atoms with van der Waals surface area (Å²) >= 11 is 0. The van der Waals surface area contributed by atoms with Gasteiger partial charge in [-0.3, -0.25) is 0 Å². The van der Waals surface area contributed by atoms with Crippen LogP contribution in [0.1, 0.15) is 6.42 Å². The van der Waals surface area contributed by atoms with E-state index in [1.165, 1.54) is 18.4 Å². The molecule has 12 heteroatoms. The maximum Gasteiger partial charge on any atom is 0.404 e. The van der Waals surface area contributed by atoms with Gasteiger partial charge < -0.3 is 25.1 Å². The van der Waals surface area contributed by atoms with E-state index in [1.54, 1.807) is 18.2 Å². The molecule has 1 amide bonds. The van der Waals surface area contributed by atoms with Crippen LogP contribution in [0.3, 0.4) is 0 Å². The molecule has 5 N–H and O–H groups in total. The molecule has 1 aromatic carbocycles. The number of nitrogens with zero attached hydrogens (tertiary/aromatic N) is 3. The summed E-state index contributed by atoms with van der Waals surface area (Å²) in [5.41, 5.74) is 1.68. The number of hydrogen-bond acceptors (Lipinski definition) is 8.